The first kappa shape index (κ1) is 24.2. The van der Waals surface area contributed by atoms with Crippen LogP contribution >= 0.6 is 35.7 Å². The molecule has 3 rings (SSSR count). The Morgan fingerprint density at radius 2 is 2.07 bits per heavy atom. The van der Waals surface area contributed by atoms with Crippen LogP contribution in [0.3, 0.4) is 0 Å². The molecule has 162 valence electrons. The highest BCUT2D eigenvalue weighted by atomic mass is 127. The molecule has 0 saturated heterocycles. The van der Waals surface area contributed by atoms with Crippen molar-refractivity contribution in [1.82, 2.24) is 25.8 Å². The molecule has 0 bridgehead atoms. The van der Waals surface area contributed by atoms with Gasteiger partial charge in [-0.2, -0.15) is 5.10 Å². The zero-order chi connectivity index (χ0) is 20.3. The highest BCUT2D eigenvalue weighted by Crippen LogP contribution is 2.18. The summed E-state index contributed by atoms with van der Waals surface area (Å²) in [6, 6.07) is 10.2. The number of aromatic amines is 1. The molecule has 0 aliphatic heterocycles. The average molecular weight is 544 g/mol. The number of H-pyrrole nitrogens is 1. The minimum Gasteiger partial charge on any atom is -0.461 e. The van der Waals surface area contributed by atoms with E-state index in [0.29, 0.717) is 31.1 Å². The Hall–Kier alpha value is -2.08. The van der Waals surface area contributed by atoms with Crippen LogP contribution in [0.5, 0.6) is 0 Å². The topological polar surface area (TPSA) is 91.1 Å². The normalized spacial score (nSPS) is 11.2. The minimum atomic E-state index is -0.206. The van der Waals surface area contributed by atoms with Crippen molar-refractivity contribution in [3.05, 3.63) is 54.3 Å². The molecule has 2 heterocycles. The molecule has 0 atom stereocenters. The minimum absolute atomic E-state index is 0. The molecular formula is C20H26FIN6OS. The summed E-state index contributed by atoms with van der Waals surface area (Å²) in [5.41, 5.74) is 0. The molecule has 1 aromatic carbocycles. The van der Waals surface area contributed by atoms with Gasteiger partial charge in [0, 0.05) is 31.0 Å². The number of nitrogens with zero attached hydrogens (tertiary/aromatic N) is 3. The van der Waals surface area contributed by atoms with E-state index in [9.17, 15) is 4.39 Å². The van der Waals surface area contributed by atoms with Gasteiger partial charge in [0.1, 0.15) is 11.6 Å². The molecule has 0 aliphatic carbocycles. The number of thioether (sulfide) groups is 1. The highest BCUT2D eigenvalue weighted by molar-refractivity contribution is 14.0. The molecule has 3 N–H and O–H groups in total. The van der Waals surface area contributed by atoms with Gasteiger partial charge in [-0.25, -0.2) is 9.37 Å². The Labute approximate surface area is 196 Å². The van der Waals surface area contributed by atoms with Gasteiger partial charge in [-0.3, -0.25) is 10.1 Å². The predicted molar refractivity (Wildman–Crippen MR) is 129 cm³/mol. The Bertz CT molecular complexity index is 885. The van der Waals surface area contributed by atoms with Crippen molar-refractivity contribution in [2.75, 3.05) is 25.4 Å². The Morgan fingerprint density at radius 1 is 1.23 bits per heavy atom. The van der Waals surface area contributed by atoms with Gasteiger partial charge in [-0.15, -0.1) is 35.7 Å². The largest absolute Gasteiger partial charge is 0.461 e. The van der Waals surface area contributed by atoms with Gasteiger partial charge in [0.2, 0.25) is 5.82 Å². The fourth-order valence-electron chi connectivity index (χ4n) is 2.54. The maximum atomic E-state index is 12.9. The number of aliphatic imine (C=N–C) groups is 1. The van der Waals surface area contributed by atoms with E-state index in [1.54, 1.807) is 30.2 Å². The molecule has 0 spiro atoms. The lowest BCUT2D eigenvalue weighted by Gasteiger charge is -2.10. The summed E-state index contributed by atoms with van der Waals surface area (Å²) in [5, 5.41) is 13.6. The first-order valence-electron chi connectivity index (χ1n) is 9.60. The summed E-state index contributed by atoms with van der Waals surface area (Å²) in [5.74, 6) is 3.50. The van der Waals surface area contributed by atoms with Crippen LogP contribution in [0.2, 0.25) is 0 Å². The second-order valence-corrected chi connectivity index (χ2v) is 7.34. The van der Waals surface area contributed by atoms with Gasteiger partial charge in [0.05, 0.1) is 6.26 Å². The Kier molecular flexibility index (Phi) is 10.7. The van der Waals surface area contributed by atoms with E-state index < -0.39 is 0 Å². The molecule has 3 aromatic rings. The van der Waals surface area contributed by atoms with Gasteiger partial charge >= 0.3 is 0 Å². The van der Waals surface area contributed by atoms with E-state index in [1.165, 1.54) is 12.1 Å². The van der Waals surface area contributed by atoms with Crippen LogP contribution in [-0.4, -0.2) is 46.5 Å². The van der Waals surface area contributed by atoms with E-state index >= 15 is 0 Å². The van der Waals surface area contributed by atoms with Crippen molar-refractivity contribution in [2.24, 2.45) is 4.99 Å². The summed E-state index contributed by atoms with van der Waals surface area (Å²) in [6.45, 7) is 4.23. The average Bonchev–Trinajstić information content (AvgIpc) is 3.41. The van der Waals surface area contributed by atoms with E-state index in [-0.39, 0.29) is 29.8 Å². The molecule has 0 fully saturated rings. The van der Waals surface area contributed by atoms with Crippen molar-refractivity contribution >= 4 is 41.7 Å². The second-order valence-electron chi connectivity index (χ2n) is 6.18. The zero-order valence-corrected chi connectivity index (χ0v) is 19.9. The number of hydrogen-bond acceptors (Lipinski definition) is 5. The molecule has 0 aliphatic rings. The van der Waals surface area contributed by atoms with Crippen LogP contribution in [0.1, 0.15) is 19.2 Å². The summed E-state index contributed by atoms with van der Waals surface area (Å²) < 4.78 is 18.2. The van der Waals surface area contributed by atoms with Gasteiger partial charge in [-0.1, -0.05) is 0 Å². The third-order valence-electron chi connectivity index (χ3n) is 3.93. The fourth-order valence-corrected chi connectivity index (χ4v) is 3.38. The van der Waals surface area contributed by atoms with Crippen LogP contribution in [-0.2, 0) is 6.42 Å². The van der Waals surface area contributed by atoms with Gasteiger partial charge < -0.3 is 15.1 Å². The van der Waals surface area contributed by atoms with Crippen LogP contribution in [0.4, 0.5) is 4.39 Å². The Morgan fingerprint density at radius 3 is 2.80 bits per heavy atom. The molecule has 7 nitrogen and oxygen atoms in total. The number of hydrogen-bond donors (Lipinski definition) is 3. The Balaban J connectivity index is 0.00000320. The number of furan rings is 1. The lowest BCUT2D eigenvalue weighted by atomic mass is 10.4. The van der Waals surface area contributed by atoms with E-state index in [1.807, 2.05) is 19.1 Å². The lowest BCUT2D eigenvalue weighted by Crippen LogP contribution is -2.38. The maximum absolute atomic E-state index is 12.9. The van der Waals surface area contributed by atoms with Crippen LogP contribution in [0.15, 0.2) is 57.0 Å². The summed E-state index contributed by atoms with van der Waals surface area (Å²) in [7, 11) is 0. The first-order chi connectivity index (χ1) is 14.2. The summed E-state index contributed by atoms with van der Waals surface area (Å²) >= 11 is 1.71. The maximum Gasteiger partial charge on any atom is 0.216 e. The molecule has 0 amide bonds. The van der Waals surface area contributed by atoms with Crippen molar-refractivity contribution in [2.45, 2.75) is 24.7 Å². The quantitative estimate of drug-likeness (QED) is 0.117. The van der Waals surface area contributed by atoms with E-state index in [0.717, 1.165) is 35.4 Å². The van der Waals surface area contributed by atoms with Crippen LogP contribution < -0.4 is 10.6 Å². The van der Waals surface area contributed by atoms with Crippen molar-refractivity contribution in [1.29, 1.82) is 0 Å². The van der Waals surface area contributed by atoms with Gasteiger partial charge in [0.15, 0.2) is 11.7 Å². The molecule has 2 aromatic heterocycles. The zero-order valence-electron chi connectivity index (χ0n) is 16.7. The number of nitrogens with one attached hydrogen (secondary N) is 3. The molecule has 10 heteroatoms. The lowest BCUT2D eigenvalue weighted by molar-refractivity contribution is 0.577. The molecular weight excluding hydrogens is 518 g/mol. The number of aromatic nitrogens is 3. The molecule has 0 saturated carbocycles. The summed E-state index contributed by atoms with van der Waals surface area (Å²) in [6.07, 6.45) is 3.23. The first-order valence-corrected chi connectivity index (χ1v) is 10.6. The molecule has 30 heavy (non-hydrogen) atoms. The number of halogens is 2. The number of benzene rings is 1. The van der Waals surface area contributed by atoms with Crippen molar-refractivity contribution in [3.8, 4) is 11.6 Å². The van der Waals surface area contributed by atoms with Crippen LogP contribution in [0, 0.1) is 5.82 Å². The SMILES string of the molecule is CCNC(=NCCCSc1ccc(F)cc1)NCCc1nc(-c2ccco2)n[nH]1.I. The third-order valence-corrected chi connectivity index (χ3v) is 5.02. The van der Waals surface area contributed by atoms with E-state index in [2.05, 4.69) is 30.8 Å². The summed E-state index contributed by atoms with van der Waals surface area (Å²) in [4.78, 5) is 10.1. The van der Waals surface area contributed by atoms with Gasteiger partial charge in [-0.05, 0) is 55.5 Å². The molecule has 0 radical (unpaired) electrons. The van der Waals surface area contributed by atoms with Crippen LogP contribution in [0.25, 0.3) is 11.6 Å². The van der Waals surface area contributed by atoms with Crippen molar-refractivity contribution in [3.63, 3.8) is 0 Å². The number of guanidine groups is 1. The van der Waals surface area contributed by atoms with Crippen molar-refractivity contribution < 1.29 is 8.81 Å². The van der Waals surface area contributed by atoms with Gasteiger partial charge in [0.25, 0.3) is 0 Å². The standard InChI is InChI=1S/C20H25FN6OS.HI/c1-2-22-20(23-11-4-14-29-16-8-6-15(21)7-9-16)24-12-10-18-25-19(27-26-18)17-5-3-13-28-17;/h3,5-9,13H,2,4,10-12,14H2,1H3,(H2,22,23,24)(H,25,26,27);1H. The predicted octanol–water partition coefficient (Wildman–Crippen LogP) is 4.10. The smallest absolute Gasteiger partial charge is 0.216 e. The van der Waals surface area contributed by atoms with E-state index in [4.69, 9.17) is 4.42 Å². The fraction of sp³-hybridized carbons (Fsp3) is 0.350. The number of rotatable bonds is 10. The monoisotopic (exact) mass is 544 g/mol. The molecule has 0 unspecified atom stereocenters. The highest BCUT2D eigenvalue weighted by Gasteiger charge is 2.08. The second kappa shape index (κ2) is 13.3. The third kappa shape index (κ3) is 7.98.